The van der Waals surface area contributed by atoms with Crippen molar-refractivity contribution in [2.75, 3.05) is 44.4 Å². The topological polar surface area (TPSA) is 73.6 Å². The van der Waals surface area contributed by atoms with Gasteiger partial charge in [-0.15, -0.1) is 0 Å². The maximum absolute atomic E-state index is 11.7. The Balaban J connectivity index is 1.77. The molecule has 2 aromatic carbocycles. The van der Waals surface area contributed by atoms with Crippen molar-refractivity contribution in [1.29, 1.82) is 0 Å². The van der Waals surface area contributed by atoms with Gasteiger partial charge in [0.25, 0.3) is 0 Å². The standard InChI is InChI=1S/C19H27N2O3P/c1-23-17-10-11-18(20)19(13-17)21-12-4-5-15-6-8-16(9-7-15)24-14-25(2,3)22/h6-11,13,21H,4-5,12,14,20H2,1-3H3. The third-order valence-corrected chi connectivity index (χ3v) is 4.43. The zero-order valence-electron chi connectivity index (χ0n) is 15.1. The van der Waals surface area contributed by atoms with Crippen LogP contribution in [0.25, 0.3) is 0 Å². The van der Waals surface area contributed by atoms with Crippen molar-refractivity contribution in [1.82, 2.24) is 0 Å². The highest BCUT2D eigenvalue weighted by molar-refractivity contribution is 7.62. The largest absolute Gasteiger partial charge is 0.497 e. The number of hydrogen-bond acceptors (Lipinski definition) is 5. The molecule has 3 N–H and O–H groups in total. The van der Waals surface area contributed by atoms with E-state index in [2.05, 4.69) is 5.32 Å². The fraction of sp³-hybridized carbons (Fsp3) is 0.368. The van der Waals surface area contributed by atoms with Gasteiger partial charge < -0.3 is 25.1 Å². The summed E-state index contributed by atoms with van der Waals surface area (Å²) >= 11 is 0. The van der Waals surface area contributed by atoms with Gasteiger partial charge in [-0.05, 0) is 56.0 Å². The summed E-state index contributed by atoms with van der Waals surface area (Å²) < 4.78 is 22.4. The minimum atomic E-state index is -2.15. The van der Waals surface area contributed by atoms with Crippen LogP contribution in [-0.2, 0) is 11.0 Å². The van der Waals surface area contributed by atoms with E-state index in [0.717, 1.165) is 36.6 Å². The Morgan fingerprint density at radius 1 is 1.08 bits per heavy atom. The lowest BCUT2D eigenvalue weighted by Crippen LogP contribution is -2.05. The minimum Gasteiger partial charge on any atom is -0.497 e. The molecule has 0 aliphatic carbocycles. The first-order chi connectivity index (χ1) is 11.9. The second kappa shape index (κ2) is 8.82. The summed E-state index contributed by atoms with van der Waals surface area (Å²) in [6, 6.07) is 13.5. The van der Waals surface area contributed by atoms with Crippen molar-refractivity contribution in [3.05, 3.63) is 48.0 Å². The van der Waals surface area contributed by atoms with Gasteiger partial charge in [0, 0.05) is 12.6 Å². The fourth-order valence-corrected chi connectivity index (χ4v) is 2.77. The van der Waals surface area contributed by atoms with E-state index in [1.165, 1.54) is 5.56 Å². The van der Waals surface area contributed by atoms with Crippen molar-refractivity contribution < 1.29 is 14.0 Å². The number of rotatable bonds is 9. The summed E-state index contributed by atoms with van der Waals surface area (Å²) in [4.78, 5) is 0. The van der Waals surface area contributed by atoms with Crippen LogP contribution in [0.1, 0.15) is 12.0 Å². The molecule has 2 rings (SSSR count). The molecule has 0 bridgehead atoms. The normalized spacial score (nSPS) is 11.2. The maximum Gasteiger partial charge on any atom is 0.140 e. The van der Waals surface area contributed by atoms with Gasteiger partial charge >= 0.3 is 0 Å². The molecule has 0 heterocycles. The van der Waals surface area contributed by atoms with Crippen LogP contribution in [0.15, 0.2) is 42.5 Å². The fourth-order valence-electron chi connectivity index (χ4n) is 2.31. The second-order valence-electron chi connectivity index (χ2n) is 6.47. The van der Waals surface area contributed by atoms with E-state index >= 15 is 0 Å². The van der Waals surface area contributed by atoms with Gasteiger partial charge in [-0.2, -0.15) is 0 Å². The SMILES string of the molecule is COc1ccc(N)c(NCCCc2ccc(OCP(C)(C)=O)cc2)c1. The van der Waals surface area contributed by atoms with E-state index in [9.17, 15) is 4.57 Å². The lowest BCUT2D eigenvalue weighted by atomic mass is 10.1. The Hall–Kier alpha value is -2.13. The van der Waals surface area contributed by atoms with Crippen molar-refractivity contribution in [2.45, 2.75) is 12.8 Å². The smallest absolute Gasteiger partial charge is 0.140 e. The van der Waals surface area contributed by atoms with Gasteiger partial charge in [0.05, 0.1) is 18.5 Å². The first-order valence-corrected chi connectivity index (χ1v) is 11.1. The summed E-state index contributed by atoms with van der Waals surface area (Å²) in [6.45, 7) is 4.28. The Morgan fingerprint density at radius 2 is 1.76 bits per heavy atom. The molecule has 0 atom stereocenters. The highest BCUT2D eigenvalue weighted by Crippen LogP contribution is 2.35. The maximum atomic E-state index is 11.7. The number of nitrogen functional groups attached to an aromatic ring is 1. The van der Waals surface area contributed by atoms with Gasteiger partial charge in [0.2, 0.25) is 0 Å². The Morgan fingerprint density at radius 3 is 2.40 bits per heavy atom. The molecule has 0 aliphatic heterocycles. The lowest BCUT2D eigenvalue weighted by Gasteiger charge is -2.11. The Bertz CT molecular complexity index is 726. The highest BCUT2D eigenvalue weighted by Gasteiger charge is 2.07. The third-order valence-electron chi connectivity index (χ3n) is 3.68. The van der Waals surface area contributed by atoms with Crippen LogP contribution in [0.2, 0.25) is 0 Å². The van der Waals surface area contributed by atoms with Gasteiger partial charge in [0.1, 0.15) is 25.0 Å². The Kier molecular flexibility index (Phi) is 6.77. The summed E-state index contributed by atoms with van der Waals surface area (Å²) in [5.41, 5.74) is 8.81. The highest BCUT2D eigenvalue weighted by atomic mass is 31.2. The first-order valence-electron chi connectivity index (χ1n) is 8.30. The van der Waals surface area contributed by atoms with Crippen molar-refractivity contribution >= 4 is 18.5 Å². The minimum absolute atomic E-state index is 0.276. The number of nitrogens with one attached hydrogen (secondary N) is 1. The molecular weight excluding hydrogens is 335 g/mol. The van der Waals surface area contributed by atoms with Gasteiger partial charge in [-0.1, -0.05) is 12.1 Å². The molecule has 0 spiro atoms. The summed E-state index contributed by atoms with van der Waals surface area (Å²) in [5.74, 6) is 1.55. The molecule has 0 aliphatic rings. The van der Waals surface area contributed by atoms with Crippen LogP contribution in [0.4, 0.5) is 11.4 Å². The van der Waals surface area contributed by atoms with E-state index in [-0.39, 0.29) is 6.35 Å². The monoisotopic (exact) mass is 362 g/mol. The quantitative estimate of drug-likeness (QED) is 0.396. The van der Waals surface area contributed by atoms with Crippen LogP contribution in [-0.4, -0.2) is 33.3 Å². The van der Waals surface area contributed by atoms with Crippen molar-refractivity contribution in [2.24, 2.45) is 0 Å². The molecule has 0 saturated heterocycles. The molecule has 25 heavy (non-hydrogen) atoms. The van der Waals surface area contributed by atoms with E-state index in [4.69, 9.17) is 15.2 Å². The number of anilines is 2. The molecule has 0 amide bonds. The average molecular weight is 362 g/mol. The van der Waals surface area contributed by atoms with Crippen molar-refractivity contribution in [3.8, 4) is 11.5 Å². The zero-order valence-corrected chi connectivity index (χ0v) is 16.0. The van der Waals surface area contributed by atoms with Crippen LogP contribution < -0.4 is 20.5 Å². The van der Waals surface area contributed by atoms with Crippen LogP contribution in [0, 0.1) is 0 Å². The molecule has 0 unspecified atom stereocenters. The predicted octanol–water partition coefficient (Wildman–Crippen LogP) is 4.28. The number of ether oxygens (including phenoxy) is 2. The molecule has 0 aromatic heterocycles. The van der Waals surface area contributed by atoms with Crippen molar-refractivity contribution in [3.63, 3.8) is 0 Å². The lowest BCUT2D eigenvalue weighted by molar-refractivity contribution is 0.378. The number of methoxy groups -OCH3 is 1. The van der Waals surface area contributed by atoms with Gasteiger partial charge in [0.15, 0.2) is 0 Å². The molecule has 0 saturated carbocycles. The number of benzene rings is 2. The van der Waals surface area contributed by atoms with Crippen LogP contribution in [0.5, 0.6) is 11.5 Å². The number of aryl methyl sites for hydroxylation is 1. The van der Waals surface area contributed by atoms with E-state index in [1.54, 1.807) is 20.4 Å². The van der Waals surface area contributed by atoms with Gasteiger partial charge in [-0.25, -0.2) is 0 Å². The van der Waals surface area contributed by atoms with Gasteiger partial charge in [-0.3, -0.25) is 0 Å². The molecule has 2 aromatic rings. The summed E-state index contributed by atoms with van der Waals surface area (Å²) in [7, 11) is -0.512. The molecule has 136 valence electrons. The van der Waals surface area contributed by atoms with E-state index in [0.29, 0.717) is 5.69 Å². The molecule has 6 heteroatoms. The average Bonchev–Trinajstić information content (AvgIpc) is 2.58. The van der Waals surface area contributed by atoms with Crippen LogP contribution in [0.3, 0.4) is 0 Å². The second-order valence-corrected chi connectivity index (χ2v) is 9.88. The Labute approximate surface area is 149 Å². The third kappa shape index (κ3) is 6.71. The van der Waals surface area contributed by atoms with E-state index < -0.39 is 7.14 Å². The molecule has 5 nitrogen and oxygen atoms in total. The number of nitrogens with two attached hydrogens (primary N) is 1. The number of hydrogen-bond donors (Lipinski definition) is 2. The molecule has 0 fully saturated rings. The first kappa shape index (κ1) is 19.2. The van der Waals surface area contributed by atoms with E-state index in [1.807, 2.05) is 42.5 Å². The molecule has 0 radical (unpaired) electrons. The summed E-state index contributed by atoms with van der Waals surface area (Å²) in [6.07, 6.45) is 2.21. The van der Waals surface area contributed by atoms with Crippen LogP contribution >= 0.6 is 7.14 Å². The predicted molar refractivity (Wildman–Crippen MR) is 106 cm³/mol. The zero-order chi connectivity index (χ0) is 18.3. The molecular formula is C19H27N2O3P. The summed E-state index contributed by atoms with van der Waals surface area (Å²) in [5, 5.41) is 3.35.